The van der Waals surface area contributed by atoms with E-state index in [2.05, 4.69) is 11.9 Å². The second-order valence-electron chi connectivity index (χ2n) is 6.43. The third kappa shape index (κ3) is 5.44. The first-order valence-corrected chi connectivity index (χ1v) is 8.34. The Labute approximate surface area is 148 Å². The molecule has 0 aliphatic carbocycles. The molecule has 138 valence electrons. The third-order valence-corrected chi connectivity index (χ3v) is 4.59. The number of rotatable bonds is 3. The van der Waals surface area contributed by atoms with Gasteiger partial charge in [0.1, 0.15) is 5.75 Å². The summed E-state index contributed by atoms with van der Waals surface area (Å²) >= 11 is 0. The first-order valence-electron chi connectivity index (χ1n) is 8.34. The molecule has 3 rings (SSSR count). The lowest BCUT2D eigenvalue weighted by atomic mass is 10.1. The third-order valence-electron chi connectivity index (χ3n) is 4.59. The fraction of sp³-hybridized carbons (Fsp3) is 0.556. The second kappa shape index (κ2) is 9.39. The number of hydrogen-bond donors (Lipinski definition) is 1. The van der Waals surface area contributed by atoms with Crippen molar-refractivity contribution in [2.45, 2.75) is 12.5 Å². The summed E-state index contributed by atoms with van der Waals surface area (Å²) in [4.78, 5) is 25.4. The summed E-state index contributed by atoms with van der Waals surface area (Å²) in [6.07, 6.45) is 0.432. The number of nitrogens with zero attached hydrogens (tertiary/aromatic N) is 2. The van der Waals surface area contributed by atoms with Crippen molar-refractivity contribution in [3.63, 3.8) is 0 Å². The number of hydrogen-bond acceptors (Lipinski definition) is 5. The van der Waals surface area contributed by atoms with Crippen LogP contribution in [0.3, 0.4) is 0 Å². The first kappa shape index (κ1) is 19.2. The van der Waals surface area contributed by atoms with E-state index < -0.39 is 0 Å². The zero-order valence-corrected chi connectivity index (χ0v) is 14.8. The molecular formula is C18H26N2O5. The van der Waals surface area contributed by atoms with Crippen LogP contribution in [0.15, 0.2) is 24.3 Å². The van der Waals surface area contributed by atoms with Gasteiger partial charge in [0.15, 0.2) is 0 Å². The van der Waals surface area contributed by atoms with Crippen LogP contribution in [0.4, 0.5) is 0 Å². The molecule has 25 heavy (non-hydrogen) atoms. The monoisotopic (exact) mass is 350 g/mol. The predicted molar refractivity (Wildman–Crippen MR) is 92.7 cm³/mol. The van der Waals surface area contributed by atoms with E-state index in [4.69, 9.17) is 19.4 Å². The van der Waals surface area contributed by atoms with Gasteiger partial charge in [0.05, 0.1) is 32.8 Å². The molecule has 1 aromatic rings. The molecule has 7 nitrogen and oxygen atoms in total. The van der Waals surface area contributed by atoms with Gasteiger partial charge in [0.25, 0.3) is 6.47 Å². The average Bonchev–Trinajstić information content (AvgIpc) is 2.84. The van der Waals surface area contributed by atoms with E-state index in [9.17, 15) is 4.79 Å². The molecule has 2 aliphatic rings. The van der Waals surface area contributed by atoms with Crippen LogP contribution in [0, 0.1) is 5.92 Å². The molecule has 2 fully saturated rings. The van der Waals surface area contributed by atoms with E-state index in [-0.39, 0.29) is 12.4 Å². The zero-order valence-electron chi connectivity index (χ0n) is 14.8. The molecule has 0 aromatic heterocycles. The van der Waals surface area contributed by atoms with Gasteiger partial charge in [-0.05, 0) is 24.7 Å². The van der Waals surface area contributed by atoms with E-state index in [1.165, 1.54) is 0 Å². The van der Waals surface area contributed by atoms with Crippen molar-refractivity contribution in [2.75, 3.05) is 47.0 Å². The standard InChI is InChI=1S/C17H24N2O3.CH2O2/c1-18-8-14-9-19(10-15(18)12-22-11-14)17(20)7-13-4-3-5-16(6-13)21-2;2-1-3/h3-6,14-15H,7-12H2,1-2H3;1H,(H,2,3)/t14-,15+;/m1./s1. The number of fused-ring (bicyclic) bond motifs is 3. The van der Waals surface area contributed by atoms with Crippen molar-refractivity contribution in [2.24, 2.45) is 5.92 Å². The molecule has 1 N–H and O–H groups in total. The molecule has 2 heterocycles. The number of carbonyl (C=O) groups excluding carboxylic acids is 1. The molecule has 2 bridgehead atoms. The van der Waals surface area contributed by atoms with E-state index >= 15 is 0 Å². The molecule has 2 saturated heterocycles. The Kier molecular flexibility index (Phi) is 7.21. The smallest absolute Gasteiger partial charge is 0.290 e. The molecule has 2 atom stereocenters. The van der Waals surface area contributed by atoms with Crippen LogP contribution in [-0.4, -0.2) is 80.3 Å². The van der Waals surface area contributed by atoms with Crippen LogP contribution in [-0.2, 0) is 20.7 Å². The summed E-state index contributed by atoms with van der Waals surface area (Å²) in [6.45, 7) is 3.78. The van der Waals surface area contributed by atoms with Crippen molar-refractivity contribution in [1.82, 2.24) is 9.80 Å². The maximum absolute atomic E-state index is 12.7. The van der Waals surface area contributed by atoms with Gasteiger partial charge in [-0.3, -0.25) is 14.5 Å². The molecular weight excluding hydrogens is 324 g/mol. The summed E-state index contributed by atoms with van der Waals surface area (Å²) in [5.74, 6) is 1.40. The summed E-state index contributed by atoms with van der Waals surface area (Å²) < 4.78 is 10.9. The van der Waals surface area contributed by atoms with Crippen LogP contribution in [0.5, 0.6) is 5.75 Å². The first-order chi connectivity index (χ1) is 12.1. The Bertz CT molecular complexity index is 580. The summed E-state index contributed by atoms with van der Waals surface area (Å²) in [5.41, 5.74) is 1.00. The highest BCUT2D eigenvalue weighted by atomic mass is 16.5. The Hall–Kier alpha value is -2.12. The van der Waals surface area contributed by atoms with Gasteiger partial charge in [-0.15, -0.1) is 0 Å². The normalized spacial score (nSPS) is 23.0. The number of benzene rings is 1. The minimum atomic E-state index is -0.250. The number of amides is 1. The highest BCUT2D eigenvalue weighted by molar-refractivity contribution is 5.79. The molecule has 1 amide bonds. The fourth-order valence-electron chi connectivity index (χ4n) is 3.32. The molecule has 2 aliphatic heterocycles. The summed E-state index contributed by atoms with van der Waals surface area (Å²) in [7, 11) is 3.77. The van der Waals surface area contributed by atoms with Crippen molar-refractivity contribution in [1.29, 1.82) is 0 Å². The Morgan fingerprint density at radius 3 is 2.84 bits per heavy atom. The van der Waals surface area contributed by atoms with E-state index in [0.717, 1.165) is 44.2 Å². The zero-order chi connectivity index (χ0) is 18.2. The Morgan fingerprint density at radius 2 is 2.12 bits per heavy atom. The second-order valence-corrected chi connectivity index (χ2v) is 6.43. The maximum Gasteiger partial charge on any atom is 0.290 e. The average molecular weight is 350 g/mol. The summed E-state index contributed by atoms with van der Waals surface area (Å²) in [6, 6.07) is 8.05. The number of ether oxygens (including phenoxy) is 2. The predicted octanol–water partition coefficient (Wildman–Crippen LogP) is 0.728. The van der Waals surface area contributed by atoms with Gasteiger partial charge >= 0.3 is 0 Å². The van der Waals surface area contributed by atoms with Gasteiger partial charge in [0, 0.05) is 25.6 Å². The van der Waals surface area contributed by atoms with E-state index in [1.54, 1.807) is 7.11 Å². The SMILES string of the molecule is COc1cccc(CC(=O)N2C[C@@H]3COC[C@H](C2)N(C)C3)c1.O=CO. The topological polar surface area (TPSA) is 79.3 Å². The molecule has 0 unspecified atom stereocenters. The largest absolute Gasteiger partial charge is 0.497 e. The number of carbonyl (C=O) groups is 2. The van der Waals surface area contributed by atoms with Crippen LogP contribution < -0.4 is 4.74 Å². The molecule has 0 spiro atoms. The number of likely N-dealkylation sites (N-methyl/N-ethyl adjacent to an activating group) is 1. The van der Waals surface area contributed by atoms with E-state index in [0.29, 0.717) is 18.4 Å². The highest BCUT2D eigenvalue weighted by Crippen LogP contribution is 2.20. The fourth-order valence-corrected chi connectivity index (χ4v) is 3.32. The number of carboxylic acid groups (broad SMARTS) is 1. The van der Waals surface area contributed by atoms with Crippen LogP contribution in [0.1, 0.15) is 5.56 Å². The Morgan fingerprint density at radius 1 is 1.36 bits per heavy atom. The van der Waals surface area contributed by atoms with Crippen molar-refractivity contribution in [3.8, 4) is 5.75 Å². The quantitative estimate of drug-likeness (QED) is 0.810. The van der Waals surface area contributed by atoms with E-state index in [1.807, 2.05) is 29.2 Å². The Balaban J connectivity index is 0.000000701. The van der Waals surface area contributed by atoms with Gasteiger partial charge < -0.3 is 19.5 Å². The lowest BCUT2D eigenvalue weighted by Gasteiger charge is -2.29. The van der Waals surface area contributed by atoms with Crippen molar-refractivity contribution < 1.29 is 24.2 Å². The van der Waals surface area contributed by atoms with Crippen LogP contribution in [0.2, 0.25) is 0 Å². The van der Waals surface area contributed by atoms with Gasteiger partial charge in [-0.25, -0.2) is 0 Å². The molecule has 0 saturated carbocycles. The van der Waals surface area contributed by atoms with Gasteiger partial charge in [-0.1, -0.05) is 12.1 Å². The number of methoxy groups -OCH3 is 1. The lowest BCUT2D eigenvalue weighted by Crippen LogP contribution is -2.45. The van der Waals surface area contributed by atoms with Crippen molar-refractivity contribution in [3.05, 3.63) is 29.8 Å². The molecule has 7 heteroatoms. The molecule has 0 radical (unpaired) electrons. The summed E-state index contributed by atoms with van der Waals surface area (Å²) in [5, 5.41) is 6.89. The minimum Gasteiger partial charge on any atom is -0.497 e. The maximum atomic E-state index is 12.7. The lowest BCUT2D eigenvalue weighted by molar-refractivity contribution is -0.132. The highest BCUT2D eigenvalue weighted by Gasteiger charge is 2.33. The van der Waals surface area contributed by atoms with Gasteiger partial charge in [-0.2, -0.15) is 0 Å². The molecule has 1 aromatic carbocycles. The van der Waals surface area contributed by atoms with Crippen LogP contribution in [0.25, 0.3) is 0 Å². The van der Waals surface area contributed by atoms with Crippen molar-refractivity contribution >= 4 is 12.4 Å². The van der Waals surface area contributed by atoms with Gasteiger partial charge in [0.2, 0.25) is 5.91 Å². The van der Waals surface area contributed by atoms with Crippen LogP contribution >= 0.6 is 0 Å². The minimum absolute atomic E-state index is 0.195.